The Morgan fingerprint density at radius 3 is 2.56 bits per heavy atom. The summed E-state index contributed by atoms with van der Waals surface area (Å²) in [5, 5.41) is 12.3. The number of piperidine rings is 1. The molecule has 4 aliphatic rings. The number of rotatable bonds is 7. The van der Waals surface area contributed by atoms with Gasteiger partial charge in [-0.1, -0.05) is 36.4 Å². The van der Waals surface area contributed by atoms with Crippen LogP contribution in [0, 0.1) is 0 Å². The molecule has 2 aliphatic heterocycles. The summed E-state index contributed by atoms with van der Waals surface area (Å²) >= 11 is 0. The highest BCUT2D eigenvalue weighted by Crippen LogP contribution is 2.65. The van der Waals surface area contributed by atoms with Crippen molar-refractivity contribution in [1.82, 2.24) is 4.90 Å². The third-order valence-electron chi connectivity index (χ3n) is 9.00. The lowest BCUT2D eigenvalue weighted by Crippen LogP contribution is -2.74. The lowest BCUT2D eigenvalue weighted by atomic mass is 9.50. The van der Waals surface area contributed by atoms with Crippen molar-refractivity contribution in [2.24, 2.45) is 0 Å². The van der Waals surface area contributed by atoms with Crippen LogP contribution in [0.15, 0.2) is 54.3 Å². The van der Waals surface area contributed by atoms with Crippen molar-refractivity contribution in [2.45, 2.75) is 68.5 Å². The van der Waals surface area contributed by atoms with Crippen LogP contribution in [0.1, 0.15) is 49.5 Å². The summed E-state index contributed by atoms with van der Waals surface area (Å²) in [6, 6.07) is 12.2. The van der Waals surface area contributed by atoms with Gasteiger partial charge in [-0.25, -0.2) is 9.59 Å². The lowest BCUT2D eigenvalue weighted by molar-refractivity contribution is -0.180. The van der Waals surface area contributed by atoms with E-state index in [1.165, 1.54) is 13.8 Å². The molecule has 2 heterocycles. The summed E-state index contributed by atoms with van der Waals surface area (Å²) in [5.74, 6) is -0.998. The molecule has 0 amide bonds. The largest absolute Gasteiger partial charge is 0.493 e. The highest BCUT2D eigenvalue weighted by atomic mass is 16.6. The number of ether oxygens (including phenoxy) is 5. The van der Waals surface area contributed by atoms with E-state index in [9.17, 15) is 19.5 Å². The van der Waals surface area contributed by atoms with Crippen LogP contribution in [0.5, 0.6) is 11.5 Å². The predicted octanol–water partition coefficient (Wildman–Crippen LogP) is 2.75. The fourth-order valence-corrected chi connectivity index (χ4v) is 7.12. The Morgan fingerprint density at radius 1 is 1.10 bits per heavy atom. The van der Waals surface area contributed by atoms with Gasteiger partial charge < -0.3 is 33.7 Å². The highest BCUT2D eigenvalue weighted by Gasteiger charge is 2.72. The van der Waals surface area contributed by atoms with Crippen LogP contribution in [0.25, 0.3) is 0 Å². The Hall–Kier alpha value is -3.89. The Morgan fingerprint density at radius 2 is 1.85 bits per heavy atom. The molecule has 0 aromatic heterocycles. The first kappa shape index (κ1) is 27.3. The zero-order valence-corrected chi connectivity index (χ0v) is 23.4. The van der Waals surface area contributed by atoms with Gasteiger partial charge in [0.05, 0.1) is 18.1 Å². The van der Waals surface area contributed by atoms with E-state index in [1.807, 2.05) is 19.2 Å². The number of likely N-dealkylation sites (N-methyl/N-ethyl adjacent to an activating group) is 1. The molecule has 2 aromatic carbocycles. The average Bonchev–Trinajstić information content (AvgIpc) is 3.31. The van der Waals surface area contributed by atoms with Gasteiger partial charge >= 0.3 is 17.9 Å². The van der Waals surface area contributed by atoms with E-state index in [4.69, 9.17) is 23.7 Å². The third-order valence-corrected chi connectivity index (χ3v) is 9.00. The van der Waals surface area contributed by atoms with Gasteiger partial charge in [-0.15, -0.1) is 0 Å². The molecular formula is C31H33NO9. The van der Waals surface area contributed by atoms with Crippen LogP contribution in [0.4, 0.5) is 0 Å². The van der Waals surface area contributed by atoms with Crippen LogP contribution >= 0.6 is 0 Å². The number of hydrogen-bond donors (Lipinski definition) is 1. The van der Waals surface area contributed by atoms with E-state index in [2.05, 4.69) is 4.90 Å². The highest BCUT2D eigenvalue weighted by molar-refractivity contribution is 5.84. The molecule has 41 heavy (non-hydrogen) atoms. The predicted molar refractivity (Wildman–Crippen MR) is 144 cm³/mol. The number of likely N-dealkylation sites (tertiary alicyclic amines) is 1. The van der Waals surface area contributed by atoms with Gasteiger partial charge in [0, 0.05) is 30.5 Å². The Labute approximate surface area is 237 Å². The van der Waals surface area contributed by atoms with Crippen LogP contribution < -0.4 is 9.47 Å². The minimum absolute atomic E-state index is 0.140. The first-order valence-electron chi connectivity index (χ1n) is 13.7. The number of esters is 3. The quantitative estimate of drug-likeness (QED) is 0.398. The average molecular weight is 564 g/mol. The van der Waals surface area contributed by atoms with Gasteiger partial charge in [-0.3, -0.25) is 4.79 Å². The molecule has 10 nitrogen and oxygen atoms in total. The Bertz CT molecular complexity index is 1440. The van der Waals surface area contributed by atoms with Crippen molar-refractivity contribution in [2.75, 3.05) is 20.7 Å². The standard InChI is InChI=1S/C31H33NO9/c1-17(38-29(35)25(39-18(2)33)19-8-6-5-7-9-19)28(34)40-22-12-13-31(36)23-16-20-10-11-21(37-4)26-24(20)30(31,27(22)41-26)14-15-32(23)3/h5-12,17,23,25,27,36H,13-16H2,1-4H3/t17-,23-,25-,27+,30+,31-/m0/s1. The van der Waals surface area contributed by atoms with E-state index in [0.717, 1.165) is 17.7 Å². The number of methoxy groups -OCH3 is 1. The minimum atomic E-state index is -1.33. The molecule has 216 valence electrons. The van der Waals surface area contributed by atoms with Gasteiger partial charge in [-0.05, 0) is 51.1 Å². The molecular weight excluding hydrogens is 530 g/mol. The van der Waals surface area contributed by atoms with Crippen LogP contribution in [-0.4, -0.2) is 72.5 Å². The number of hydrogen-bond acceptors (Lipinski definition) is 10. The molecule has 2 aromatic rings. The first-order valence-corrected chi connectivity index (χ1v) is 13.7. The topological polar surface area (TPSA) is 121 Å². The fraction of sp³-hybridized carbons (Fsp3) is 0.452. The van der Waals surface area contributed by atoms with Gasteiger partial charge in [0.25, 0.3) is 0 Å². The van der Waals surface area contributed by atoms with Crippen LogP contribution in [0.2, 0.25) is 0 Å². The molecule has 0 saturated carbocycles. The van der Waals surface area contributed by atoms with Gasteiger partial charge in [-0.2, -0.15) is 0 Å². The second-order valence-corrected chi connectivity index (χ2v) is 11.2. The fourth-order valence-electron chi connectivity index (χ4n) is 7.12. The zero-order chi connectivity index (χ0) is 29.1. The molecule has 2 bridgehead atoms. The number of aliphatic hydroxyl groups is 1. The normalized spacial score (nSPS) is 28.8. The minimum Gasteiger partial charge on any atom is -0.493 e. The summed E-state index contributed by atoms with van der Waals surface area (Å²) in [4.78, 5) is 40.1. The maximum absolute atomic E-state index is 13.3. The number of carbonyl (C=O) groups is 3. The number of nitrogens with zero attached hydrogens (tertiary/aromatic N) is 1. The molecule has 10 heteroatoms. The van der Waals surface area contributed by atoms with Gasteiger partial charge in [0.1, 0.15) is 5.76 Å². The molecule has 0 radical (unpaired) electrons. The zero-order valence-electron chi connectivity index (χ0n) is 23.4. The van der Waals surface area contributed by atoms with E-state index in [-0.39, 0.29) is 18.2 Å². The summed E-state index contributed by atoms with van der Waals surface area (Å²) in [7, 11) is 3.59. The van der Waals surface area contributed by atoms with Crippen molar-refractivity contribution < 1.29 is 43.2 Å². The lowest BCUT2D eigenvalue weighted by Gasteiger charge is -2.61. The first-order chi connectivity index (χ1) is 19.6. The smallest absolute Gasteiger partial charge is 0.353 e. The molecule has 2 aliphatic carbocycles. The third kappa shape index (κ3) is 4.03. The molecule has 1 spiro atoms. The van der Waals surface area contributed by atoms with Crippen molar-refractivity contribution >= 4 is 17.9 Å². The van der Waals surface area contributed by atoms with E-state index >= 15 is 0 Å². The monoisotopic (exact) mass is 563 g/mol. The summed E-state index contributed by atoms with van der Waals surface area (Å²) < 4.78 is 28.6. The molecule has 1 fully saturated rings. The summed E-state index contributed by atoms with van der Waals surface area (Å²) in [6.07, 6.45) is -0.189. The summed E-state index contributed by atoms with van der Waals surface area (Å²) in [5.41, 5.74) is 0.437. The molecule has 6 rings (SSSR count). The second kappa shape index (κ2) is 9.88. The SMILES string of the molecule is COc1ccc2c3c1O[C@@H]1C(OC(=O)[C@H](C)OC(=O)[C@@H](OC(C)=O)c4ccccc4)=CC[C@]4(O)[C@H](C2)N(C)CC[C@@]314. The Balaban J connectivity index is 1.27. The van der Waals surface area contributed by atoms with Crippen molar-refractivity contribution in [3.05, 3.63) is 71.0 Å². The Kier molecular flexibility index (Phi) is 6.58. The molecule has 0 unspecified atom stereocenters. The maximum atomic E-state index is 13.3. The van der Waals surface area contributed by atoms with Crippen LogP contribution in [-0.2, 0) is 40.4 Å². The maximum Gasteiger partial charge on any atom is 0.353 e. The number of benzene rings is 2. The van der Waals surface area contributed by atoms with Crippen molar-refractivity contribution in [1.29, 1.82) is 0 Å². The van der Waals surface area contributed by atoms with E-state index in [0.29, 0.717) is 29.9 Å². The van der Waals surface area contributed by atoms with Gasteiger partial charge in [0.2, 0.25) is 6.10 Å². The van der Waals surface area contributed by atoms with Crippen LogP contribution in [0.3, 0.4) is 0 Å². The van der Waals surface area contributed by atoms with Gasteiger partial charge in [0.15, 0.2) is 23.7 Å². The van der Waals surface area contributed by atoms with E-state index in [1.54, 1.807) is 43.5 Å². The molecule has 1 N–H and O–H groups in total. The number of carbonyl (C=O) groups excluding carboxylic acids is 3. The molecule has 1 saturated heterocycles. The van der Waals surface area contributed by atoms with Crippen molar-refractivity contribution in [3.8, 4) is 11.5 Å². The second-order valence-electron chi connectivity index (χ2n) is 11.2. The van der Waals surface area contributed by atoms with Crippen molar-refractivity contribution in [3.63, 3.8) is 0 Å². The van der Waals surface area contributed by atoms with E-state index < -0.39 is 47.2 Å². The summed E-state index contributed by atoms with van der Waals surface area (Å²) in [6.45, 7) is 3.32. The molecule has 6 atom stereocenters.